The average molecular weight is 606 g/mol. The maximum atomic E-state index is 15.2. The first-order valence-corrected chi connectivity index (χ1v) is 17.3. The third-order valence-corrected chi connectivity index (χ3v) is 12.9. The van der Waals surface area contributed by atoms with Gasteiger partial charge >= 0.3 is 0 Å². The van der Waals surface area contributed by atoms with Gasteiger partial charge in [-0.3, -0.25) is 4.79 Å². The molecule has 0 radical (unpaired) electrons. The van der Waals surface area contributed by atoms with Crippen LogP contribution in [0.5, 0.6) is 0 Å². The number of ether oxygens (including phenoxy) is 2. The molecule has 0 saturated carbocycles. The highest BCUT2D eigenvalue weighted by molar-refractivity contribution is 9.10. The Morgan fingerprint density at radius 2 is 2.03 bits per heavy atom. The smallest absolute Gasteiger partial charge is 0.192 e. The van der Waals surface area contributed by atoms with Gasteiger partial charge in [-0.25, -0.2) is 4.39 Å². The molecule has 1 aromatic rings. The number of carbonyl (C=O) groups is 1. The summed E-state index contributed by atoms with van der Waals surface area (Å²) in [5.74, 6) is 5.74. The minimum absolute atomic E-state index is 0.0341. The summed E-state index contributed by atoms with van der Waals surface area (Å²) < 4.78 is 34.6. The van der Waals surface area contributed by atoms with Gasteiger partial charge < -0.3 is 13.9 Å². The summed E-state index contributed by atoms with van der Waals surface area (Å²) in [5.41, 5.74) is 1.33. The zero-order valence-corrected chi connectivity index (χ0v) is 26.4. The van der Waals surface area contributed by atoms with E-state index in [2.05, 4.69) is 68.6 Å². The van der Waals surface area contributed by atoms with Crippen LogP contribution in [-0.2, 0) is 18.7 Å². The molecule has 208 valence electrons. The summed E-state index contributed by atoms with van der Waals surface area (Å²) in [6, 6.07) is 5.04. The maximum absolute atomic E-state index is 15.2. The van der Waals surface area contributed by atoms with Crippen LogP contribution in [-0.4, -0.2) is 39.2 Å². The monoisotopic (exact) mass is 604 g/mol. The first kappa shape index (κ1) is 31.0. The molecule has 3 rings (SSSR count). The summed E-state index contributed by atoms with van der Waals surface area (Å²) in [4.78, 5) is 13.3. The molecule has 38 heavy (non-hydrogen) atoms. The Hall–Kier alpha value is -1.56. The lowest BCUT2D eigenvalue weighted by atomic mass is 9.97. The molecule has 2 aliphatic rings. The largest absolute Gasteiger partial charge is 0.410 e. The van der Waals surface area contributed by atoms with Crippen LogP contribution in [0.25, 0.3) is 5.57 Å². The molecule has 4 atom stereocenters. The van der Waals surface area contributed by atoms with E-state index in [1.807, 2.05) is 19.1 Å². The van der Waals surface area contributed by atoms with Gasteiger partial charge in [-0.2, -0.15) is 0 Å². The van der Waals surface area contributed by atoms with Crippen molar-refractivity contribution >= 4 is 35.6 Å². The van der Waals surface area contributed by atoms with E-state index < -0.39 is 20.2 Å². The molecular weight excluding hydrogens is 563 g/mol. The van der Waals surface area contributed by atoms with Crippen LogP contribution < -0.4 is 0 Å². The number of halogens is 2. The molecule has 4 unspecified atom stereocenters. The van der Waals surface area contributed by atoms with E-state index in [4.69, 9.17) is 13.9 Å². The Bertz CT molecular complexity index is 1120. The summed E-state index contributed by atoms with van der Waals surface area (Å²) in [6.07, 6.45) is 6.55. The van der Waals surface area contributed by atoms with Gasteiger partial charge in [-0.15, -0.1) is 11.8 Å². The lowest BCUT2D eigenvalue weighted by molar-refractivity contribution is -0.179. The molecule has 0 aromatic heterocycles. The van der Waals surface area contributed by atoms with Crippen LogP contribution in [0.1, 0.15) is 72.3 Å². The third kappa shape index (κ3) is 7.54. The minimum Gasteiger partial charge on any atom is -0.410 e. The first-order valence-electron chi connectivity index (χ1n) is 13.6. The highest BCUT2D eigenvalue weighted by Gasteiger charge is 2.40. The van der Waals surface area contributed by atoms with Crippen molar-refractivity contribution in [3.05, 3.63) is 51.8 Å². The van der Waals surface area contributed by atoms with E-state index in [9.17, 15) is 4.79 Å². The van der Waals surface area contributed by atoms with E-state index in [0.29, 0.717) is 28.6 Å². The van der Waals surface area contributed by atoms with Crippen molar-refractivity contribution in [3.63, 3.8) is 0 Å². The second kappa shape index (κ2) is 13.2. The van der Waals surface area contributed by atoms with E-state index in [1.165, 1.54) is 0 Å². The second-order valence-corrected chi connectivity index (χ2v) is 17.4. The van der Waals surface area contributed by atoms with Crippen molar-refractivity contribution in [2.45, 2.75) is 103 Å². The quantitative estimate of drug-likeness (QED) is 0.210. The molecule has 1 aliphatic carbocycles. The summed E-state index contributed by atoms with van der Waals surface area (Å²) in [6.45, 7) is 15.8. The van der Waals surface area contributed by atoms with Crippen LogP contribution in [0.15, 0.2) is 40.4 Å². The van der Waals surface area contributed by atoms with E-state index in [0.717, 1.165) is 19.3 Å². The molecule has 1 saturated heterocycles. The second-order valence-electron chi connectivity index (χ2n) is 11.8. The van der Waals surface area contributed by atoms with Gasteiger partial charge in [0.05, 0.1) is 16.7 Å². The Labute approximate surface area is 237 Å². The topological polar surface area (TPSA) is 44.8 Å². The van der Waals surface area contributed by atoms with Crippen LogP contribution in [0.2, 0.25) is 18.1 Å². The standard InChI is InChI=1S/C31H42BrFO4Si/c1-8-9-13-21(2)26(37-38(6,7)31(3,4)5)18-17-22-27(36-28-16-10-11-19-35-28)20-25(34)29(22)23-14-12-15-24(32)30(23)33/h12,14-15,17-18,21,26-28H,10-11,13,16,19-20H2,1-7H3/b18-17+. The van der Waals surface area contributed by atoms with Crippen molar-refractivity contribution in [2.24, 2.45) is 5.92 Å². The predicted molar refractivity (Wildman–Crippen MR) is 158 cm³/mol. The summed E-state index contributed by atoms with van der Waals surface area (Å²) >= 11 is 3.28. The van der Waals surface area contributed by atoms with Crippen molar-refractivity contribution in [3.8, 4) is 11.8 Å². The number of rotatable bonds is 9. The van der Waals surface area contributed by atoms with E-state index >= 15 is 4.39 Å². The fourth-order valence-corrected chi connectivity index (χ4v) is 6.17. The normalized spacial score (nSPS) is 22.5. The van der Waals surface area contributed by atoms with E-state index in [-0.39, 0.29) is 41.1 Å². The third-order valence-electron chi connectivity index (χ3n) is 7.82. The number of ketones is 1. The molecular formula is C31H42BrFO4Si. The number of hydrogen-bond acceptors (Lipinski definition) is 4. The van der Waals surface area contributed by atoms with Gasteiger partial charge in [-0.05, 0) is 77.8 Å². The molecule has 1 fully saturated rings. The van der Waals surface area contributed by atoms with Gasteiger partial charge in [0, 0.05) is 30.6 Å². The molecule has 1 heterocycles. The Morgan fingerprint density at radius 1 is 1.29 bits per heavy atom. The van der Waals surface area contributed by atoms with E-state index in [1.54, 1.807) is 18.2 Å². The zero-order valence-electron chi connectivity index (χ0n) is 23.8. The molecule has 0 bridgehead atoms. The summed E-state index contributed by atoms with van der Waals surface area (Å²) in [7, 11) is -2.11. The molecule has 1 aromatic carbocycles. The van der Waals surface area contributed by atoms with Crippen molar-refractivity contribution in [1.29, 1.82) is 0 Å². The molecule has 1 aliphatic heterocycles. The summed E-state index contributed by atoms with van der Waals surface area (Å²) in [5, 5.41) is 0.0341. The van der Waals surface area contributed by atoms with Gasteiger partial charge in [0.2, 0.25) is 0 Å². The highest BCUT2D eigenvalue weighted by atomic mass is 79.9. The average Bonchev–Trinajstić information content (AvgIpc) is 3.15. The number of hydrogen-bond donors (Lipinski definition) is 0. The van der Waals surface area contributed by atoms with Crippen molar-refractivity contribution < 1.29 is 23.1 Å². The molecule has 0 amide bonds. The number of benzene rings is 1. The van der Waals surface area contributed by atoms with Crippen LogP contribution in [0, 0.1) is 23.6 Å². The minimum atomic E-state index is -2.11. The van der Waals surface area contributed by atoms with Crippen LogP contribution in [0.3, 0.4) is 0 Å². The van der Waals surface area contributed by atoms with Gasteiger partial charge in [0.25, 0.3) is 0 Å². The van der Waals surface area contributed by atoms with Gasteiger partial charge in [0.15, 0.2) is 20.4 Å². The fraction of sp³-hybridized carbons (Fsp3) is 0.581. The van der Waals surface area contributed by atoms with Crippen LogP contribution in [0.4, 0.5) is 4.39 Å². The number of Topliss-reactive ketones (excluding diaryl/α,β-unsaturated/α-hetero) is 1. The lowest BCUT2D eigenvalue weighted by Gasteiger charge is -2.40. The number of allylic oxidation sites excluding steroid dienone is 1. The van der Waals surface area contributed by atoms with Crippen molar-refractivity contribution in [1.82, 2.24) is 0 Å². The highest BCUT2D eigenvalue weighted by Crippen LogP contribution is 2.40. The Kier molecular flexibility index (Phi) is 10.8. The number of carbonyl (C=O) groups excluding carboxylic acids is 1. The molecule has 0 spiro atoms. The maximum Gasteiger partial charge on any atom is 0.192 e. The first-order chi connectivity index (χ1) is 17.9. The predicted octanol–water partition coefficient (Wildman–Crippen LogP) is 8.22. The molecule has 4 nitrogen and oxygen atoms in total. The molecule has 0 N–H and O–H groups in total. The zero-order chi connectivity index (χ0) is 28.1. The Balaban J connectivity index is 2.06. The SMILES string of the molecule is CC#CCC(C)C(/C=C/C1=C(c2cccc(Br)c2F)C(=O)CC1OC1CCCCO1)O[Si](C)(C)C(C)(C)C. The fourth-order valence-electron chi connectivity index (χ4n) is 4.46. The van der Waals surface area contributed by atoms with Crippen LogP contribution >= 0.6 is 15.9 Å². The Morgan fingerprint density at radius 3 is 2.66 bits per heavy atom. The van der Waals surface area contributed by atoms with Gasteiger partial charge in [0.1, 0.15) is 5.82 Å². The lowest BCUT2D eigenvalue weighted by Crippen LogP contribution is -2.45. The van der Waals surface area contributed by atoms with Crippen molar-refractivity contribution in [2.75, 3.05) is 6.61 Å². The van der Waals surface area contributed by atoms with Gasteiger partial charge in [-0.1, -0.05) is 52.0 Å². The molecule has 7 heteroatoms.